The molecular formula is C40H70NO9P. The number of phosphoric acid groups is 1. The van der Waals surface area contributed by atoms with Crippen LogP contribution in [0.25, 0.3) is 0 Å². The molecule has 0 rings (SSSR count). The number of aliphatic hydroxyl groups excluding tert-OH is 1. The Balaban J connectivity index is 4.41. The fraction of sp³-hybridized carbons (Fsp3) is 0.700. The highest BCUT2D eigenvalue weighted by Gasteiger charge is 2.25. The lowest BCUT2D eigenvalue weighted by Crippen LogP contribution is -2.29. The van der Waals surface area contributed by atoms with Crippen molar-refractivity contribution in [2.24, 2.45) is 5.73 Å². The largest absolute Gasteiger partial charge is 0.472 e. The molecule has 0 aromatic carbocycles. The first kappa shape index (κ1) is 48.7. The summed E-state index contributed by atoms with van der Waals surface area (Å²) in [5.74, 6) is -0.941. The van der Waals surface area contributed by atoms with E-state index in [4.69, 9.17) is 24.3 Å². The number of unbranched alkanes of at least 4 members (excludes halogenated alkanes) is 12. The van der Waals surface area contributed by atoms with Gasteiger partial charge in [-0.3, -0.25) is 18.6 Å². The maximum atomic E-state index is 12.5. The summed E-state index contributed by atoms with van der Waals surface area (Å²) in [6, 6.07) is 0. The molecule has 4 N–H and O–H groups in total. The molecule has 10 nitrogen and oxygen atoms in total. The van der Waals surface area contributed by atoms with E-state index in [1.807, 2.05) is 42.5 Å². The smallest absolute Gasteiger partial charge is 0.462 e. The van der Waals surface area contributed by atoms with E-state index in [0.717, 1.165) is 25.7 Å². The van der Waals surface area contributed by atoms with Crippen LogP contribution in [0.2, 0.25) is 0 Å². The van der Waals surface area contributed by atoms with Crippen LogP contribution in [0, 0.1) is 0 Å². The number of rotatable bonds is 35. The van der Waals surface area contributed by atoms with Crippen molar-refractivity contribution in [3.8, 4) is 0 Å². The highest BCUT2D eigenvalue weighted by molar-refractivity contribution is 7.47. The third kappa shape index (κ3) is 35.8. The second-order valence-corrected chi connectivity index (χ2v) is 14.1. The van der Waals surface area contributed by atoms with Gasteiger partial charge < -0.3 is 25.2 Å². The number of carbonyl (C=O) groups is 2. The van der Waals surface area contributed by atoms with Gasteiger partial charge in [0, 0.05) is 19.4 Å². The minimum atomic E-state index is -4.40. The molecule has 0 radical (unpaired) electrons. The second kappa shape index (κ2) is 36.0. The van der Waals surface area contributed by atoms with Crippen LogP contribution in [0.15, 0.2) is 60.8 Å². The number of phosphoric ester groups is 1. The van der Waals surface area contributed by atoms with Gasteiger partial charge in [-0.2, -0.15) is 0 Å². The van der Waals surface area contributed by atoms with E-state index in [1.165, 1.54) is 57.8 Å². The van der Waals surface area contributed by atoms with Crippen molar-refractivity contribution >= 4 is 19.8 Å². The van der Waals surface area contributed by atoms with Crippen molar-refractivity contribution in [1.82, 2.24) is 0 Å². The first-order valence-corrected chi connectivity index (χ1v) is 20.9. The highest BCUT2D eigenvalue weighted by Crippen LogP contribution is 2.43. The minimum Gasteiger partial charge on any atom is -0.462 e. The molecular weight excluding hydrogens is 669 g/mol. The third-order valence-electron chi connectivity index (χ3n) is 7.75. The maximum absolute atomic E-state index is 12.5. The molecule has 3 atom stereocenters. The van der Waals surface area contributed by atoms with Crippen molar-refractivity contribution in [2.75, 3.05) is 26.4 Å². The zero-order chi connectivity index (χ0) is 37.7. The Morgan fingerprint density at radius 2 is 1.31 bits per heavy atom. The number of esters is 2. The van der Waals surface area contributed by atoms with Gasteiger partial charge in [0.15, 0.2) is 6.10 Å². The Morgan fingerprint density at radius 1 is 0.706 bits per heavy atom. The van der Waals surface area contributed by atoms with Crippen molar-refractivity contribution < 1.29 is 42.7 Å². The van der Waals surface area contributed by atoms with Gasteiger partial charge in [-0.25, -0.2) is 4.57 Å². The Kier molecular flexibility index (Phi) is 34.4. The molecule has 0 saturated carbocycles. The van der Waals surface area contributed by atoms with Gasteiger partial charge in [-0.15, -0.1) is 0 Å². The van der Waals surface area contributed by atoms with Crippen LogP contribution >= 0.6 is 7.82 Å². The van der Waals surface area contributed by atoms with E-state index in [2.05, 4.69) is 26.0 Å². The van der Waals surface area contributed by atoms with Crippen LogP contribution in [-0.4, -0.2) is 60.5 Å². The zero-order valence-electron chi connectivity index (χ0n) is 31.7. The van der Waals surface area contributed by atoms with E-state index in [-0.39, 0.29) is 32.6 Å². The lowest BCUT2D eigenvalue weighted by Gasteiger charge is -2.19. The average molecular weight is 740 g/mol. The van der Waals surface area contributed by atoms with Gasteiger partial charge >= 0.3 is 19.8 Å². The van der Waals surface area contributed by atoms with Crippen molar-refractivity contribution in [3.63, 3.8) is 0 Å². The molecule has 11 heteroatoms. The molecule has 2 unspecified atom stereocenters. The Morgan fingerprint density at radius 3 is 1.98 bits per heavy atom. The Hall–Kier alpha value is -2.33. The predicted molar refractivity (Wildman–Crippen MR) is 207 cm³/mol. The lowest BCUT2D eigenvalue weighted by atomic mass is 10.0. The number of hydrogen-bond acceptors (Lipinski definition) is 9. The van der Waals surface area contributed by atoms with Gasteiger partial charge in [-0.05, 0) is 44.9 Å². The Labute approximate surface area is 309 Å². The number of ether oxygens (including phenoxy) is 2. The predicted octanol–water partition coefficient (Wildman–Crippen LogP) is 9.52. The molecule has 0 bridgehead atoms. The first-order valence-electron chi connectivity index (χ1n) is 19.4. The summed E-state index contributed by atoms with van der Waals surface area (Å²) in [6.07, 6.45) is 37.2. The Bertz CT molecular complexity index is 1040. The van der Waals surface area contributed by atoms with E-state index in [0.29, 0.717) is 32.1 Å². The number of nitrogens with two attached hydrogens (primary N) is 1. The standard InChI is InChI=1S/C40H70NO9P/c1-3-5-7-9-11-12-13-14-15-19-23-27-31-39(43)47-35-38(36-49-51(45,46)48-34-33-41)50-40(44)32-28-24-20-17-16-18-22-26-30-37(42)29-25-21-10-8-6-4-2/h6,8,17-18,20-22,25-26,30,37-38,42H,3-5,7,9-16,19,23-24,27-29,31-36,41H2,1-2H3,(H,45,46)/b8-6-,20-17-,22-18-,25-21-,30-26+/t37?,38-/m1/s1. The van der Waals surface area contributed by atoms with Crippen LogP contribution in [0.4, 0.5) is 0 Å². The number of carbonyl (C=O) groups excluding carboxylic acids is 2. The summed E-state index contributed by atoms with van der Waals surface area (Å²) < 4.78 is 32.5. The van der Waals surface area contributed by atoms with Gasteiger partial charge in [0.2, 0.25) is 0 Å². The topological polar surface area (TPSA) is 155 Å². The normalized spacial score (nSPS) is 14.7. The monoisotopic (exact) mass is 739 g/mol. The van der Waals surface area contributed by atoms with Crippen LogP contribution in [-0.2, 0) is 32.7 Å². The van der Waals surface area contributed by atoms with Crippen LogP contribution in [0.5, 0.6) is 0 Å². The molecule has 51 heavy (non-hydrogen) atoms. The van der Waals surface area contributed by atoms with Crippen LogP contribution < -0.4 is 5.73 Å². The summed E-state index contributed by atoms with van der Waals surface area (Å²) in [5.41, 5.74) is 5.32. The minimum absolute atomic E-state index is 0.0325. The van der Waals surface area contributed by atoms with Gasteiger partial charge in [-0.1, -0.05) is 145 Å². The highest BCUT2D eigenvalue weighted by atomic mass is 31.2. The molecule has 294 valence electrons. The summed E-state index contributed by atoms with van der Waals surface area (Å²) in [5, 5.41) is 9.99. The van der Waals surface area contributed by atoms with Crippen LogP contribution in [0.1, 0.15) is 142 Å². The van der Waals surface area contributed by atoms with Gasteiger partial charge in [0.25, 0.3) is 0 Å². The van der Waals surface area contributed by atoms with E-state index >= 15 is 0 Å². The molecule has 0 aliphatic heterocycles. The first-order chi connectivity index (χ1) is 24.7. The van der Waals surface area contributed by atoms with E-state index in [1.54, 1.807) is 6.08 Å². The van der Waals surface area contributed by atoms with Crippen molar-refractivity contribution in [2.45, 2.75) is 154 Å². The summed E-state index contributed by atoms with van der Waals surface area (Å²) in [7, 11) is -4.40. The molecule has 0 heterocycles. The van der Waals surface area contributed by atoms with Gasteiger partial charge in [0.1, 0.15) is 6.61 Å². The third-order valence-corrected chi connectivity index (χ3v) is 8.73. The zero-order valence-corrected chi connectivity index (χ0v) is 32.6. The molecule has 0 aromatic rings. The number of allylic oxidation sites excluding steroid dienone is 8. The van der Waals surface area contributed by atoms with Crippen molar-refractivity contribution in [1.29, 1.82) is 0 Å². The van der Waals surface area contributed by atoms with E-state index < -0.39 is 38.6 Å². The number of aliphatic hydroxyl groups is 1. The van der Waals surface area contributed by atoms with Crippen molar-refractivity contribution in [3.05, 3.63) is 60.8 Å². The fourth-order valence-electron chi connectivity index (χ4n) is 4.87. The molecule has 0 aliphatic carbocycles. The molecule has 0 aliphatic rings. The molecule has 0 spiro atoms. The summed E-state index contributed by atoms with van der Waals surface area (Å²) >= 11 is 0. The lowest BCUT2D eigenvalue weighted by molar-refractivity contribution is -0.161. The van der Waals surface area contributed by atoms with Crippen LogP contribution in [0.3, 0.4) is 0 Å². The molecule has 0 saturated heterocycles. The number of hydrogen-bond donors (Lipinski definition) is 3. The van der Waals surface area contributed by atoms with Gasteiger partial charge in [0.05, 0.1) is 19.3 Å². The molecule has 0 fully saturated rings. The summed E-state index contributed by atoms with van der Waals surface area (Å²) in [4.78, 5) is 34.7. The molecule has 0 aromatic heterocycles. The van der Waals surface area contributed by atoms with E-state index in [9.17, 15) is 24.2 Å². The summed E-state index contributed by atoms with van der Waals surface area (Å²) in [6.45, 7) is 3.43. The average Bonchev–Trinajstić information content (AvgIpc) is 3.11. The molecule has 0 amide bonds. The fourth-order valence-corrected chi connectivity index (χ4v) is 5.64. The quantitative estimate of drug-likeness (QED) is 0.0188. The maximum Gasteiger partial charge on any atom is 0.472 e. The SMILES string of the molecule is CC/C=C\C/C=C\CC(O)/C=C/C=C\C/C=C\CCCC(=O)O[C@H](COC(=O)CCCCCCCCCCCCCC)COP(=O)(O)OCCN. The second-order valence-electron chi connectivity index (χ2n) is 12.6.